The summed E-state index contributed by atoms with van der Waals surface area (Å²) in [5.41, 5.74) is 7.43. The van der Waals surface area contributed by atoms with Gasteiger partial charge in [0.1, 0.15) is 16.9 Å². The summed E-state index contributed by atoms with van der Waals surface area (Å²) in [6, 6.07) is 4.17. The summed E-state index contributed by atoms with van der Waals surface area (Å²) < 4.78 is 0. The Kier molecular flexibility index (Phi) is 5.15. The molecule has 4 nitrogen and oxygen atoms in total. The van der Waals surface area contributed by atoms with Crippen LogP contribution in [0.4, 0.5) is 5.00 Å². The average Bonchev–Trinajstić information content (AvgIpc) is 2.66. The second kappa shape index (κ2) is 6.39. The molecule has 1 aromatic heterocycles. The highest BCUT2D eigenvalue weighted by atomic mass is 35.5. The van der Waals surface area contributed by atoms with Crippen LogP contribution in [0.2, 0.25) is 0 Å². The molecule has 0 unspecified atom stereocenters. The molecule has 1 heterocycles. The van der Waals surface area contributed by atoms with Gasteiger partial charge in [-0.3, -0.25) is 0 Å². The first kappa shape index (κ1) is 14.5. The number of nitriles is 2. The van der Waals surface area contributed by atoms with E-state index in [9.17, 15) is 5.26 Å². The van der Waals surface area contributed by atoms with Crippen molar-refractivity contribution in [1.82, 2.24) is 0 Å². The highest BCUT2D eigenvalue weighted by molar-refractivity contribution is 7.16. The van der Waals surface area contributed by atoms with Gasteiger partial charge in [-0.2, -0.15) is 10.5 Å². The van der Waals surface area contributed by atoms with Crippen LogP contribution in [0.15, 0.2) is 4.99 Å². The van der Waals surface area contributed by atoms with Crippen LogP contribution in [0.5, 0.6) is 0 Å². The van der Waals surface area contributed by atoms with Gasteiger partial charge in [0, 0.05) is 4.88 Å². The summed E-state index contributed by atoms with van der Waals surface area (Å²) >= 11 is 1.54. The Morgan fingerprint density at radius 1 is 1.33 bits per heavy atom. The Balaban J connectivity index is 0.00000162. The Bertz CT molecular complexity index is 548. The number of aliphatic imine (C=N–C) groups is 1. The molecule has 94 valence electrons. The van der Waals surface area contributed by atoms with Crippen molar-refractivity contribution in [2.24, 2.45) is 10.7 Å². The predicted molar refractivity (Wildman–Crippen MR) is 74.4 cm³/mol. The molecule has 0 fully saturated rings. The molecule has 0 spiro atoms. The van der Waals surface area contributed by atoms with E-state index in [0.717, 1.165) is 24.8 Å². The summed E-state index contributed by atoms with van der Waals surface area (Å²) in [6.45, 7) is 0. The van der Waals surface area contributed by atoms with E-state index < -0.39 is 0 Å². The van der Waals surface area contributed by atoms with E-state index in [1.54, 1.807) is 11.3 Å². The zero-order valence-corrected chi connectivity index (χ0v) is 11.4. The normalized spacial score (nSPS) is 14.0. The Morgan fingerprint density at radius 2 is 2.06 bits per heavy atom. The molecule has 0 atom stereocenters. The summed E-state index contributed by atoms with van der Waals surface area (Å²) in [4.78, 5) is 5.45. The number of aryl methyl sites for hydroxylation is 1. The third kappa shape index (κ3) is 2.81. The summed E-state index contributed by atoms with van der Waals surface area (Å²) in [5.74, 6) is 0.280. The highest BCUT2D eigenvalue weighted by Gasteiger charge is 2.20. The fourth-order valence-corrected chi connectivity index (χ4v) is 3.24. The molecule has 1 aliphatic carbocycles. The van der Waals surface area contributed by atoms with Crippen molar-refractivity contribution in [3.63, 3.8) is 0 Å². The monoisotopic (exact) mass is 280 g/mol. The van der Waals surface area contributed by atoms with Crippen molar-refractivity contribution in [3.8, 4) is 12.1 Å². The Hall–Kier alpha value is -1.56. The third-order valence-corrected chi connectivity index (χ3v) is 3.96. The smallest absolute Gasteiger partial charge is 0.136 e. The average molecular weight is 281 g/mol. The maximum Gasteiger partial charge on any atom is 0.136 e. The SMILES string of the molecule is Cl.N#CC/C(N)=N\c1sc2c(c1C#N)CCCC2. The van der Waals surface area contributed by atoms with Crippen molar-refractivity contribution >= 4 is 34.6 Å². The fourth-order valence-electron chi connectivity index (χ4n) is 2.00. The van der Waals surface area contributed by atoms with E-state index >= 15 is 0 Å². The maximum atomic E-state index is 9.19. The van der Waals surface area contributed by atoms with Crippen LogP contribution in [0, 0.1) is 22.7 Å². The van der Waals surface area contributed by atoms with E-state index in [1.165, 1.54) is 11.3 Å². The summed E-state index contributed by atoms with van der Waals surface area (Å²) in [7, 11) is 0. The van der Waals surface area contributed by atoms with Gasteiger partial charge < -0.3 is 5.73 Å². The molecular formula is C12H13ClN4S. The van der Waals surface area contributed by atoms with E-state index in [1.807, 2.05) is 6.07 Å². The zero-order chi connectivity index (χ0) is 12.3. The molecule has 2 rings (SSSR count). The molecule has 0 saturated carbocycles. The lowest BCUT2D eigenvalue weighted by Crippen LogP contribution is -2.09. The molecule has 2 N–H and O–H groups in total. The van der Waals surface area contributed by atoms with Crippen molar-refractivity contribution < 1.29 is 0 Å². The number of halogens is 1. The van der Waals surface area contributed by atoms with Gasteiger partial charge in [0.05, 0.1) is 18.1 Å². The van der Waals surface area contributed by atoms with E-state index in [0.29, 0.717) is 10.6 Å². The molecule has 0 bridgehead atoms. The van der Waals surface area contributed by atoms with Gasteiger partial charge in [-0.1, -0.05) is 0 Å². The van der Waals surface area contributed by atoms with Crippen LogP contribution in [0.1, 0.15) is 35.3 Å². The first-order valence-corrected chi connectivity index (χ1v) is 6.32. The van der Waals surface area contributed by atoms with E-state index in [-0.39, 0.29) is 24.7 Å². The van der Waals surface area contributed by atoms with Crippen LogP contribution < -0.4 is 5.73 Å². The Morgan fingerprint density at radius 3 is 2.72 bits per heavy atom. The number of hydrogen-bond acceptors (Lipinski definition) is 4. The van der Waals surface area contributed by atoms with Gasteiger partial charge in [-0.05, 0) is 31.2 Å². The molecule has 1 aromatic rings. The number of fused-ring (bicyclic) bond motifs is 1. The summed E-state index contributed by atoms with van der Waals surface area (Å²) in [5, 5.41) is 18.4. The molecule has 0 aliphatic heterocycles. The lowest BCUT2D eigenvalue weighted by Gasteiger charge is -2.09. The molecule has 6 heteroatoms. The van der Waals surface area contributed by atoms with E-state index in [4.69, 9.17) is 11.0 Å². The molecule has 0 amide bonds. The number of hydrogen-bond donors (Lipinski definition) is 1. The molecule has 0 saturated heterocycles. The molecule has 18 heavy (non-hydrogen) atoms. The maximum absolute atomic E-state index is 9.19. The van der Waals surface area contributed by atoms with Gasteiger partial charge in [0.2, 0.25) is 0 Å². The quantitative estimate of drug-likeness (QED) is 0.667. The number of amidine groups is 1. The largest absolute Gasteiger partial charge is 0.386 e. The topological polar surface area (TPSA) is 86.0 Å². The van der Waals surface area contributed by atoms with E-state index in [2.05, 4.69) is 11.1 Å². The zero-order valence-electron chi connectivity index (χ0n) is 9.77. The second-order valence-electron chi connectivity index (χ2n) is 3.94. The Labute approximate surface area is 116 Å². The fraction of sp³-hybridized carbons (Fsp3) is 0.417. The number of nitrogens with zero attached hydrogens (tertiary/aromatic N) is 3. The molecular weight excluding hydrogens is 268 g/mol. The molecule has 0 radical (unpaired) electrons. The number of thiophene rings is 1. The standard InChI is InChI=1S/C12H12N4S.ClH/c13-6-5-11(15)16-12-9(7-14)8-3-1-2-4-10(8)17-12;/h1-5H2,(H2,15,16);1H. The molecule has 0 aromatic carbocycles. The lowest BCUT2D eigenvalue weighted by atomic mass is 9.96. The minimum absolute atomic E-state index is 0. The first-order valence-electron chi connectivity index (χ1n) is 5.51. The van der Waals surface area contributed by atoms with Crippen LogP contribution in [-0.2, 0) is 12.8 Å². The number of rotatable bonds is 2. The minimum Gasteiger partial charge on any atom is -0.386 e. The lowest BCUT2D eigenvalue weighted by molar-refractivity contribution is 0.696. The molecule has 1 aliphatic rings. The van der Waals surface area contributed by atoms with Crippen LogP contribution in [-0.4, -0.2) is 5.84 Å². The van der Waals surface area contributed by atoms with Crippen molar-refractivity contribution in [1.29, 1.82) is 10.5 Å². The van der Waals surface area contributed by atoms with Gasteiger partial charge >= 0.3 is 0 Å². The number of nitrogens with two attached hydrogens (primary N) is 1. The van der Waals surface area contributed by atoms with Gasteiger partial charge in [0.25, 0.3) is 0 Å². The van der Waals surface area contributed by atoms with Crippen molar-refractivity contribution in [2.45, 2.75) is 32.1 Å². The second-order valence-corrected chi connectivity index (χ2v) is 5.02. The minimum atomic E-state index is 0. The van der Waals surface area contributed by atoms with Crippen LogP contribution in [0.3, 0.4) is 0 Å². The van der Waals surface area contributed by atoms with Crippen LogP contribution >= 0.6 is 23.7 Å². The van der Waals surface area contributed by atoms with Crippen molar-refractivity contribution in [3.05, 3.63) is 16.0 Å². The third-order valence-electron chi connectivity index (χ3n) is 2.77. The van der Waals surface area contributed by atoms with Crippen molar-refractivity contribution in [2.75, 3.05) is 0 Å². The van der Waals surface area contributed by atoms with Gasteiger partial charge in [0.15, 0.2) is 0 Å². The predicted octanol–water partition coefficient (Wildman–Crippen LogP) is 2.82. The summed E-state index contributed by atoms with van der Waals surface area (Å²) in [6.07, 6.45) is 4.41. The van der Waals surface area contributed by atoms with Gasteiger partial charge in [-0.15, -0.1) is 23.7 Å². The highest BCUT2D eigenvalue weighted by Crippen LogP contribution is 2.39. The van der Waals surface area contributed by atoms with Crippen LogP contribution in [0.25, 0.3) is 0 Å². The van der Waals surface area contributed by atoms with Gasteiger partial charge in [-0.25, -0.2) is 4.99 Å². The first-order chi connectivity index (χ1) is 8.26.